The van der Waals surface area contributed by atoms with Gasteiger partial charge in [-0.2, -0.15) is 0 Å². The molecule has 1 aromatic carbocycles. The highest BCUT2D eigenvalue weighted by molar-refractivity contribution is 6.30. The Kier molecular flexibility index (Phi) is 8.36. The Balaban J connectivity index is 1.64. The number of carbonyl (C=O) groups is 2. The van der Waals surface area contributed by atoms with Crippen molar-refractivity contribution in [3.8, 4) is 5.75 Å². The molecule has 3 rings (SSSR count). The second kappa shape index (κ2) is 11.0. The number of nitrogens with zero attached hydrogens (tertiary/aromatic N) is 2. The maximum absolute atomic E-state index is 13.0. The van der Waals surface area contributed by atoms with E-state index >= 15 is 0 Å². The molecule has 2 amide bonds. The van der Waals surface area contributed by atoms with E-state index in [2.05, 4.69) is 0 Å². The predicted octanol–water partition coefficient (Wildman–Crippen LogP) is 2.61. The molecule has 0 atom stereocenters. The molecular formula is C22H31ClN2O5. The quantitative estimate of drug-likeness (QED) is 0.624. The van der Waals surface area contributed by atoms with Gasteiger partial charge in [0.2, 0.25) is 11.8 Å². The smallest absolute Gasteiger partial charge is 0.224 e. The van der Waals surface area contributed by atoms with Crippen molar-refractivity contribution in [1.82, 2.24) is 9.80 Å². The number of hydrogen-bond donors (Lipinski definition) is 0. The van der Waals surface area contributed by atoms with E-state index in [1.54, 1.807) is 19.2 Å². The van der Waals surface area contributed by atoms with Crippen LogP contribution in [0.1, 0.15) is 25.7 Å². The molecule has 0 aliphatic carbocycles. The van der Waals surface area contributed by atoms with Crippen LogP contribution in [0, 0.1) is 5.41 Å². The van der Waals surface area contributed by atoms with Crippen LogP contribution >= 0.6 is 11.6 Å². The van der Waals surface area contributed by atoms with Gasteiger partial charge >= 0.3 is 0 Å². The highest BCUT2D eigenvalue weighted by Crippen LogP contribution is 2.37. The van der Waals surface area contributed by atoms with Gasteiger partial charge in [0.05, 0.1) is 32.8 Å². The van der Waals surface area contributed by atoms with Gasteiger partial charge in [0.25, 0.3) is 0 Å². The van der Waals surface area contributed by atoms with Crippen molar-refractivity contribution in [2.75, 3.05) is 59.7 Å². The van der Waals surface area contributed by atoms with Crippen molar-refractivity contribution < 1.29 is 23.8 Å². The van der Waals surface area contributed by atoms with Gasteiger partial charge in [-0.3, -0.25) is 9.59 Å². The van der Waals surface area contributed by atoms with E-state index in [4.69, 9.17) is 25.8 Å². The first kappa shape index (κ1) is 22.8. The number of methoxy groups -OCH3 is 1. The van der Waals surface area contributed by atoms with Crippen LogP contribution in [-0.4, -0.2) is 81.3 Å². The molecule has 7 nitrogen and oxygen atoms in total. The third-order valence-electron chi connectivity index (χ3n) is 5.95. The molecule has 2 heterocycles. The number of benzene rings is 1. The molecule has 2 saturated heterocycles. The maximum atomic E-state index is 13.0. The maximum Gasteiger partial charge on any atom is 0.224 e. The summed E-state index contributed by atoms with van der Waals surface area (Å²) in [6, 6.07) is 7.26. The lowest BCUT2D eigenvalue weighted by Crippen LogP contribution is -2.49. The lowest BCUT2D eigenvalue weighted by molar-refractivity contribution is -0.141. The molecule has 0 unspecified atom stereocenters. The predicted molar refractivity (Wildman–Crippen MR) is 114 cm³/mol. The van der Waals surface area contributed by atoms with Crippen LogP contribution in [0.25, 0.3) is 0 Å². The van der Waals surface area contributed by atoms with Crippen LogP contribution in [0.15, 0.2) is 24.3 Å². The Morgan fingerprint density at radius 3 is 2.30 bits per heavy atom. The van der Waals surface area contributed by atoms with Crippen molar-refractivity contribution in [3.05, 3.63) is 29.3 Å². The van der Waals surface area contributed by atoms with Crippen LogP contribution in [0.3, 0.4) is 0 Å². The number of rotatable bonds is 8. The standard InChI is InChI=1S/C22H31ClN2O5/c1-28-13-6-20(26)24-9-7-22(8-10-24,16-21(27)25-11-14-29-15-12-25)17-30-19-4-2-18(23)3-5-19/h2-5H,6-17H2,1H3. The van der Waals surface area contributed by atoms with Gasteiger partial charge in [0.1, 0.15) is 5.75 Å². The van der Waals surface area contributed by atoms with E-state index in [9.17, 15) is 9.59 Å². The molecule has 0 aromatic heterocycles. The van der Waals surface area contributed by atoms with E-state index < -0.39 is 0 Å². The third-order valence-corrected chi connectivity index (χ3v) is 6.20. The van der Waals surface area contributed by atoms with Crippen molar-refractivity contribution >= 4 is 23.4 Å². The van der Waals surface area contributed by atoms with Crippen LogP contribution in [0.2, 0.25) is 5.02 Å². The van der Waals surface area contributed by atoms with E-state index in [1.165, 1.54) is 0 Å². The Labute approximate surface area is 183 Å². The molecule has 2 aliphatic rings. The highest BCUT2D eigenvalue weighted by atomic mass is 35.5. The zero-order valence-corrected chi connectivity index (χ0v) is 18.4. The molecule has 8 heteroatoms. The number of amides is 2. The lowest BCUT2D eigenvalue weighted by atomic mass is 9.75. The minimum absolute atomic E-state index is 0.101. The molecular weight excluding hydrogens is 408 g/mol. The zero-order valence-electron chi connectivity index (χ0n) is 17.6. The van der Waals surface area contributed by atoms with Crippen LogP contribution in [0.4, 0.5) is 0 Å². The molecule has 30 heavy (non-hydrogen) atoms. The molecule has 166 valence electrons. The summed E-state index contributed by atoms with van der Waals surface area (Å²) in [6.45, 7) is 4.55. The summed E-state index contributed by atoms with van der Waals surface area (Å²) >= 11 is 5.96. The Morgan fingerprint density at radius 1 is 1.03 bits per heavy atom. The number of morpholine rings is 1. The van der Waals surface area contributed by atoms with Crippen LogP contribution in [-0.2, 0) is 19.1 Å². The number of carbonyl (C=O) groups excluding carboxylic acids is 2. The van der Waals surface area contributed by atoms with Gasteiger partial charge < -0.3 is 24.0 Å². The SMILES string of the molecule is COCCC(=O)N1CCC(COc2ccc(Cl)cc2)(CC(=O)N2CCOCC2)CC1. The molecule has 2 fully saturated rings. The largest absolute Gasteiger partial charge is 0.493 e. The first-order valence-electron chi connectivity index (χ1n) is 10.5. The molecule has 0 radical (unpaired) electrons. The Hall–Kier alpha value is -1.83. The van der Waals surface area contributed by atoms with Crippen molar-refractivity contribution in [3.63, 3.8) is 0 Å². The minimum atomic E-state index is -0.299. The third kappa shape index (κ3) is 6.33. The van der Waals surface area contributed by atoms with Gasteiger partial charge in [-0.05, 0) is 37.1 Å². The number of ether oxygens (including phenoxy) is 3. The fourth-order valence-electron chi connectivity index (χ4n) is 3.96. The molecule has 0 saturated carbocycles. The Morgan fingerprint density at radius 2 is 1.67 bits per heavy atom. The monoisotopic (exact) mass is 438 g/mol. The topological polar surface area (TPSA) is 68.3 Å². The van der Waals surface area contributed by atoms with Crippen molar-refractivity contribution in [2.24, 2.45) is 5.41 Å². The summed E-state index contributed by atoms with van der Waals surface area (Å²) in [7, 11) is 1.60. The molecule has 0 bridgehead atoms. The summed E-state index contributed by atoms with van der Waals surface area (Å²) in [5.74, 6) is 0.969. The van der Waals surface area contributed by atoms with E-state index in [1.807, 2.05) is 21.9 Å². The van der Waals surface area contributed by atoms with Gasteiger partial charge in [0.15, 0.2) is 0 Å². The zero-order chi connectivity index (χ0) is 21.4. The first-order chi connectivity index (χ1) is 14.5. The van der Waals surface area contributed by atoms with Gasteiger partial charge in [-0.1, -0.05) is 11.6 Å². The second-order valence-electron chi connectivity index (χ2n) is 8.04. The fraction of sp³-hybridized carbons (Fsp3) is 0.636. The summed E-state index contributed by atoms with van der Waals surface area (Å²) < 4.78 is 16.5. The molecule has 1 aromatic rings. The van der Waals surface area contributed by atoms with Crippen molar-refractivity contribution in [2.45, 2.75) is 25.7 Å². The number of hydrogen-bond acceptors (Lipinski definition) is 5. The van der Waals surface area contributed by atoms with E-state index in [0.29, 0.717) is 70.5 Å². The first-order valence-corrected chi connectivity index (χ1v) is 10.9. The summed E-state index contributed by atoms with van der Waals surface area (Å²) in [4.78, 5) is 29.1. The minimum Gasteiger partial charge on any atom is -0.493 e. The van der Waals surface area contributed by atoms with Crippen LogP contribution < -0.4 is 4.74 Å². The number of likely N-dealkylation sites (tertiary alicyclic amines) is 1. The Bertz CT molecular complexity index is 698. The van der Waals surface area contributed by atoms with Crippen LogP contribution in [0.5, 0.6) is 5.75 Å². The van der Waals surface area contributed by atoms with Crippen molar-refractivity contribution in [1.29, 1.82) is 0 Å². The van der Waals surface area contributed by atoms with Gasteiger partial charge in [-0.25, -0.2) is 0 Å². The number of halogens is 1. The molecule has 0 spiro atoms. The molecule has 0 N–H and O–H groups in total. The summed E-state index contributed by atoms with van der Waals surface area (Å²) in [6.07, 6.45) is 2.27. The number of piperidine rings is 1. The van der Waals surface area contributed by atoms with Gasteiger partial charge in [-0.15, -0.1) is 0 Å². The van der Waals surface area contributed by atoms with E-state index in [-0.39, 0.29) is 17.2 Å². The lowest BCUT2D eigenvalue weighted by Gasteiger charge is -2.42. The summed E-state index contributed by atoms with van der Waals surface area (Å²) in [5.41, 5.74) is -0.299. The highest BCUT2D eigenvalue weighted by Gasteiger charge is 2.39. The average Bonchev–Trinajstić information content (AvgIpc) is 2.78. The average molecular weight is 439 g/mol. The molecule has 2 aliphatic heterocycles. The second-order valence-corrected chi connectivity index (χ2v) is 8.47. The normalized spacial score (nSPS) is 18.9. The van der Waals surface area contributed by atoms with Gasteiger partial charge in [0, 0.05) is 50.1 Å². The summed E-state index contributed by atoms with van der Waals surface area (Å²) in [5, 5.41) is 0.655. The fourth-order valence-corrected chi connectivity index (χ4v) is 4.09. The van der Waals surface area contributed by atoms with E-state index in [0.717, 1.165) is 18.6 Å².